The first-order valence-electron chi connectivity index (χ1n) is 8.57. The second-order valence-electron chi connectivity index (χ2n) is 6.52. The van der Waals surface area contributed by atoms with Crippen molar-refractivity contribution in [3.8, 4) is 0 Å². The first kappa shape index (κ1) is 15.8. The van der Waals surface area contributed by atoms with Gasteiger partial charge in [-0.3, -0.25) is 0 Å². The molecule has 1 aromatic heterocycles. The van der Waals surface area contributed by atoms with Gasteiger partial charge in [0.1, 0.15) is 5.82 Å². The van der Waals surface area contributed by atoms with Crippen LogP contribution >= 0.6 is 0 Å². The van der Waals surface area contributed by atoms with Crippen molar-refractivity contribution in [2.45, 2.75) is 46.5 Å². The van der Waals surface area contributed by atoms with Crippen LogP contribution in [0.3, 0.4) is 0 Å². The molecule has 1 aliphatic rings. The molecule has 0 amide bonds. The second kappa shape index (κ2) is 6.99. The molecule has 2 aromatic rings. The van der Waals surface area contributed by atoms with Crippen LogP contribution in [0.15, 0.2) is 24.3 Å². The lowest BCUT2D eigenvalue weighted by atomic mass is 10.1. The predicted octanol–water partition coefficient (Wildman–Crippen LogP) is 4.53. The molecular formula is C19H26N4. The summed E-state index contributed by atoms with van der Waals surface area (Å²) in [4.78, 5) is 11.7. The Hall–Kier alpha value is -2.10. The maximum absolute atomic E-state index is 4.75. The van der Waals surface area contributed by atoms with Gasteiger partial charge in [-0.05, 0) is 56.9 Å². The van der Waals surface area contributed by atoms with E-state index >= 15 is 0 Å². The third-order valence-electron chi connectivity index (χ3n) is 4.51. The fraction of sp³-hybridized carbons (Fsp3) is 0.474. The Morgan fingerprint density at radius 1 is 0.870 bits per heavy atom. The fourth-order valence-corrected chi connectivity index (χ4v) is 3.00. The molecule has 0 spiro atoms. The third-order valence-corrected chi connectivity index (χ3v) is 4.51. The molecule has 23 heavy (non-hydrogen) atoms. The highest BCUT2D eigenvalue weighted by atomic mass is 15.3. The lowest BCUT2D eigenvalue weighted by Gasteiger charge is -2.21. The van der Waals surface area contributed by atoms with Crippen molar-refractivity contribution in [1.82, 2.24) is 9.97 Å². The number of nitrogens with one attached hydrogen (secondary N) is 1. The molecule has 4 nitrogen and oxygen atoms in total. The van der Waals surface area contributed by atoms with E-state index in [0.717, 1.165) is 36.2 Å². The standard InChI is InChI=1S/C19H26N4/c1-14-8-9-17(12-15(14)2)21-18-13-16(3)20-19(22-18)23-10-6-4-5-7-11-23/h8-9,12-13H,4-7,10-11H2,1-3H3,(H,20,21,22). The highest BCUT2D eigenvalue weighted by Gasteiger charge is 2.14. The van der Waals surface area contributed by atoms with Crippen LogP contribution in [0.2, 0.25) is 0 Å². The summed E-state index contributed by atoms with van der Waals surface area (Å²) in [6.07, 6.45) is 5.10. The summed E-state index contributed by atoms with van der Waals surface area (Å²) in [7, 11) is 0. The Balaban J connectivity index is 1.83. The zero-order valence-electron chi connectivity index (χ0n) is 14.4. The SMILES string of the molecule is Cc1cc(Nc2ccc(C)c(C)c2)nc(N2CCCCCC2)n1. The molecule has 0 aliphatic carbocycles. The summed E-state index contributed by atoms with van der Waals surface area (Å²) >= 11 is 0. The van der Waals surface area contributed by atoms with E-state index in [1.165, 1.54) is 36.8 Å². The van der Waals surface area contributed by atoms with Crippen molar-refractivity contribution in [3.63, 3.8) is 0 Å². The van der Waals surface area contributed by atoms with E-state index < -0.39 is 0 Å². The van der Waals surface area contributed by atoms with Gasteiger partial charge in [-0.2, -0.15) is 4.98 Å². The number of aromatic nitrogens is 2. The largest absolute Gasteiger partial charge is 0.341 e. The zero-order valence-corrected chi connectivity index (χ0v) is 14.4. The van der Waals surface area contributed by atoms with Crippen LogP contribution < -0.4 is 10.2 Å². The van der Waals surface area contributed by atoms with Crippen LogP contribution in [-0.2, 0) is 0 Å². The first-order valence-corrected chi connectivity index (χ1v) is 8.57. The third kappa shape index (κ3) is 4.01. The molecule has 1 aliphatic heterocycles. The molecule has 0 radical (unpaired) electrons. The number of rotatable bonds is 3. The van der Waals surface area contributed by atoms with Crippen molar-refractivity contribution >= 4 is 17.5 Å². The van der Waals surface area contributed by atoms with Crippen molar-refractivity contribution in [1.29, 1.82) is 0 Å². The molecule has 0 unspecified atom stereocenters. The van der Waals surface area contributed by atoms with E-state index in [0.29, 0.717) is 0 Å². The highest BCUT2D eigenvalue weighted by molar-refractivity contribution is 5.59. The number of anilines is 3. The molecule has 1 saturated heterocycles. The van der Waals surface area contributed by atoms with Gasteiger partial charge in [-0.25, -0.2) is 4.98 Å². The van der Waals surface area contributed by atoms with Crippen LogP contribution in [0.4, 0.5) is 17.5 Å². The van der Waals surface area contributed by atoms with E-state index in [1.54, 1.807) is 0 Å². The van der Waals surface area contributed by atoms with Gasteiger partial charge >= 0.3 is 0 Å². The predicted molar refractivity (Wildman–Crippen MR) is 96.6 cm³/mol. The lowest BCUT2D eigenvalue weighted by molar-refractivity contribution is 0.726. The smallest absolute Gasteiger partial charge is 0.227 e. The topological polar surface area (TPSA) is 41.1 Å². The molecule has 3 rings (SSSR count). The number of hydrogen-bond donors (Lipinski definition) is 1. The minimum absolute atomic E-state index is 0.859. The lowest BCUT2D eigenvalue weighted by Crippen LogP contribution is -2.26. The molecule has 122 valence electrons. The average molecular weight is 310 g/mol. The van der Waals surface area contributed by atoms with Gasteiger partial charge in [0.15, 0.2) is 0 Å². The van der Waals surface area contributed by atoms with Crippen LogP contribution in [0.1, 0.15) is 42.5 Å². The van der Waals surface area contributed by atoms with E-state index in [-0.39, 0.29) is 0 Å². The normalized spacial score (nSPS) is 15.3. The average Bonchev–Trinajstić information content (AvgIpc) is 2.80. The fourth-order valence-electron chi connectivity index (χ4n) is 3.00. The molecule has 0 saturated carbocycles. The van der Waals surface area contributed by atoms with Gasteiger partial charge < -0.3 is 10.2 Å². The molecule has 1 N–H and O–H groups in total. The minimum atomic E-state index is 0.859. The molecular weight excluding hydrogens is 284 g/mol. The minimum Gasteiger partial charge on any atom is -0.341 e. The van der Waals surface area contributed by atoms with Gasteiger partial charge in [0, 0.05) is 30.5 Å². The van der Waals surface area contributed by atoms with Gasteiger partial charge in [-0.1, -0.05) is 18.9 Å². The molecule has 0 bridgehead atoms. The summed E-state index contributed by atoms with van der Waals surface area (Å²) < 4.78 is 0. The monoisotopic (exact) mass is 310 g/mol. The van der Waals surface area contributed by atoms with E-state index in [9.17, 15) is 0 Å². The van der Waals surface area contributed by atoms with Gasteiger partial charge in [0.25, 0.3) is 0 Å². The van der Waals surface area contributed by atoms with E-state index in [1.807, 2.05) is 13.0 Å². The number of benzene rings is 1. The van der Waals surface area contributed by atoms with Crippen molar-refractivity contribution in [2.24, 2.45) is 0 Å². The maximum atomic E-state index is 4.75. The van der Waals surface area contributed by atoms with Crippen LogP contribution in [0.25, 0.3) is 0 Å². The summed E-state index contributed by atoms with van der Waals surface area (Å²) in [5.41, 5.74) is 4.67. The van der Waals surface area contributed by atoms with Crippen LogP contribution in [-0.4, -0.2) is 23.1 Å². The second-order valence-corrected chi connectivity index (χ2v) is 6.52. The van der Waals surface area contributed by atoms with Crippen molar-refractivity contribution in [2.75, 3.05) is 23.3 Å². The Kier molecular flexibility index (Phi) is 4.79. The molecule has 1 fully saturated rings. The molecule has 1 aromatic carbocycles. The summed E-state index contributed by atoms with van der Waals surface area (Å²) in [5.74, 6) is 1.73. The highest BCUT2D eigenvalue weighted by Crippen LogP contribution is 2.22. The van der Waals surface area contributed by atoms with Crippen LogP contribution in [0.5, 0.6) is 0 Å². The zero-order chi connectivity index (χ0) is 16.2. The summed E-state index contributed by atoms with van der Waals surface area (Å²) in [6, 6.07) is 8.42. The van der Waals surface area contributed by atoms with Crippen molar-refractivity contribution in [3.05, 3.63) is 41.1 Å². The van der Waals surface area contributed by atoms with Gasteiger partial charge in [-0.15, -0.1) is 0 Å². The van der Waals surface area contributed by atoms with E-state index in [2.05, 4.69) is 47.2 Å². The molecule has 0 atom stereocenters. The first-order chi connectivity index (χ1) is 11.1. The molecule has 2 heterocycles. The number of aryl methyl sites for hydroxylation is 3. The Morgan fingerprint density at radius 2 is 1.61 bits per heavy atom. The van der Waals surface area contributed by atoms with Crippen molar-refractivity contribution < 1.29 is 0 Å². The van der Waals surface area contributed by atoms with E-state index in [4.69, 9.17) is 4.98 Å². The van der Waals surface area contributed by atoms with Gasteiger partial charge in [0.05, 0.1) is 0 Å². The quantitative estimate of drug-likeness (QED) is 0.904. The van der Waals surface area contributed by atoms with Crippen LogP contribution in [0, 0.1) is 20.8 Å². The number of hydrogen-bond acceptors (Lipinski definition) is 4. The molecule has 4 heteroatoms. The Bertz CT molecular complexity index is 673. The van der Waals surface area contributed by atoms with Gasteiger partial charge in [0.2, 0.25) is 5.95 Å². The summed E-state index contributed by atoms with van der Waals surface area (Å²) in [6.45, 7) is 8.42. The summed E-state index contributed by atoms with van der Waals surface area (Å²) in [5, 5.41) is 3.43. The number of nitrogens with zero attached hydrogens (tertiary/aromatic N) is 3. The maximum Gasteiger partial charge on any atom is 0.227 e. The Morgan fingerprint density at radius 3 is 2.30 bits per heavy atom. The Labute approximate surface area is 139 Å².